The third-order valence-corrected chi connectivity index (χ3v) is 6.53. The summed E-state index contributed by atoms with van der Waals surface area (Å²) in [4.78, 5) is 26.9. The molecule has 6 nitrogen and oxygen atoms in total. The predicted octanol–water partition coefficient (Wildman–Crippen LogP) is 5.04. The van der Waals surface area contributed by atoms with Crippen LogP contribution in [0.2, 0.25) is 0 Å². The van der Waals surface area contributed by atoms with Gasteiger partial charge in [-0.25, -0.2) is 0 Å². The molecule has 1 saturated carbocycles. The lowest BCUT2D eigenvalue weighted by Crippen LogP contribution is -2.37. The first-order valence-corrected chi connectivity index (χ1v) is 12.1. The zero-order valence-corrected chi connectivity index (χ0v) is 19.3. The van der Waals surface area contributed by atoms with Gasteiger partial charge < -0.3 is 9.88 Å². The number of aryl methyl sites for hydroxylation is 2. The Morgan fingerprint density at radius 2 is 1.81 bits per heavy atom. The van der Waals surface area contributed by atoms with Gasteiger partial charge in [0.1, 0.15) is 16.9 Å². The maximum Gasteiger partial charge on any atom is 0.256 e. The maximum atomic E-state index is 13.6. The standard InChI is InChI=1S/C26H34N4O2/c1-3-4-12-17-30-18-21(25(32)27-20-15-10-5-6-11-16-20)24(31)22-23(28-29(2)26(22)30)19-13-8-7-9-14-19/h7-9,13-14,18,20H,3-6,10-12,15-17H2,1-2H3,(H,27,32). The first-order valence-electron chi connectivity index (χ1n) is 12.1. The van der Waals surface area contributed by atoms with E-state index >= 15 is 0 Å². The summed E-state index contributed by atoms with van der Waals surface area (Å²) in [6.45, 7) is 2.92. The van der Waals surface area contributed by atoms with E-state index in [1.165, 1.54) is 12.8 Å². The lowest BCUT2D eigenvalue weighted by Gasteiger charge is -2.17. The molecule has 1 N–H and O–H groups in total. The van der Waals surface area contributed by atoms with Gasteiger partial charge in [0.05, 0.1) is 5.39 Å². The van der Waals surface area contributed by atoms with Crippen molar-refractivity contribution in [1.82, 2.24) is 19.7 Å². The zero-order valence-electron chi connectivity index (χ0n) is 19.3. The minimum atomic E-state index is -0.254. The van der Waals surface area contributed by atoms with Crippen molar-refractivity contribution >= 4 is 16.9 Å². The molecule has 0 unspecified atom stereocenters. The van der Waals surface area contributed by atoms with Gasteiger partial charge in [-0.15, -0.1) is 0 Å². The fourth-order valence-electron chi connectivity index (χ4n) is 4.81. The Kier molecular flexibility index (Phi) is 7.08. The Labute approximate surface area is 189 Å². The highest BCUT2D eigenvalue weighted by Gasteiger charge is 2.24. The van der Waals surface area contributed by atoms with Crippen molar-refractivity contribution in [3.63, 3.8) is 0 Å². The molecule has 1 aromatic carbocycles. The van der Waals surface area contributed by atoms with E-state index in [1.807, 2.05) is 41.9 Å². The molecule has 0 bridgehead atoms. The number of rotatable bonds is 7. The number of hydrogen-bond acceptors (Lipinski definition) is 3. The molecule has 0 radical (unpaired) electrons. The van der Waals surface area contributed by atoms with Crippen molar-refractivity contribution < 1.29 is 4.79 Å². The molecule has 0 atom stereocenters. The molecule has 1 aliphatic rings. The third kappa shape index (κ3) is 4.64. The molecule has 170 valence electrons. The average Bonchev–Trinajstić information content (AvgIpc) is 2.96. The molecule has 0 saturated heterocycles. The van der Waals surface area contributed by atoms with Gasteiger partial charge in [-0.05, 0) is 19.3 Å². The topological polar surface area (TPSA) is 68.9 Å². The Balaban J connectivity index is 1.80. The van der Waals surface area contributed by atoms with Crippen LogP contribution in [-0.2, 0) is 13.6 Å². The molecule has 6 heteroatoms. The highest BCUT2D eigenvalue weighted by atomic mass is 16.2. The van der Waals surface area contributed by atoms with Crippen LogP contribution >= 0.6 is 0 Å². The third-order valence-electron chi connectivity index (χ3n) is 6.53. The molecule has 0 aliphatic heterocycles. The fraction of sp³-hybridized carbons (Fsp3) is 0.500. The van der Waals surface area contributed by atoms with E-state index < -0.39 is 0 Å². The van der Waals surface area contributed by atoms with E-state index in [9.17, 15) is 9.59 Å². The molecule has 4 rings (SSSR count). The van der Waals surface area contributed by atoms with Crippen LogP contribution < -0.4 is 10.7 Å². The minimum Gasteiger partial charge on any atom is -0.349 e. The lowest BCUT2D eigenvalue weighted by atomic mass is 10.1. The molecule has 1 aliphatic carbocycles. The van der Waals surface area contributed by atoms with Crippen LogP contribution in [-0.4, -0.2) is 26.3 Å². The van der Waals surface area contributed by atoms with Crippen LogP contribution in [0.25, 0.3) is 22.3 Å². The second-order valence-corrected chi connectivity index (χ2v) is 8.97. The largest absolute Gasteiger partial charge is 0.349 e. The molecular formula is C26H34N4O2. The van der Waals surface area contributed by atoms with Gasteiger partial charge in [0, 0.05) is 31.4 Å². The van der Waals surface area contributed by atoms with Gasteiger partial charge in [0.25, 0.3) is 5.91 Å². The van der Waals surface area contributed by atoms with E-state index in [0.717, 1.165) is 62.7 Å². The number of benzene rings is 1. The second-order valence-electron chi connectivity index (χ2n) is 8.97. The van der Waals surface area contributed by atoms with Crippen LogP contribution in [0.1, 0.15) is 75.1 Å². The molecule has 1 fully saturated rings. The number of nitrogens with one attached hydrogen (secondary N) is 1. The quantitative estimate of drug-likeness (QED) is 0.418. The van der Waals surface area contributed by atoms with Crippen molar-refractivity contribution in [1.29, 1.82) is 0 Å². The number of aromatic nitrogens is 3. The summed E-state index contributed by atoms with van der Waals surface area (Å²) in [6.07, 6.45) is 11.6. The molecule has 0 spiro atoms. The van der Waals surface area contributed by atoms with E-state index in [0.29, 0.717) is 11.1 Å². The van der Waals surface area contributed by atoms with Gasteiger partial charge in [0.15, 0.2) is 0 Å². The van der Waals surface area contributed by atoms with Crippen molar-refractivity contribution in [2.75, 3.05) is 0 Å². The van der Waals surface area contributed by atoms with Crippen molar-refractivity contribution in [2.24, 2.45) is 7.05 Å². The highest BCUT2D eigenvalue weighted by Crippen LogP contribution is 2.26. The van der Waals surface area contributed by atoms with E-state index in [1.54, 1.807) is 10.9 Å². The average molecular weight is 435 g/mol. The normalized spacial score (nSPS) is 15.1. The van der Waals surface area contributed by atoms with Crippen molar-refractivity contribution in [3.8, 4) is 11.3 Å². The lowest BCUT2D eigenvalue weighted by molar-refractivity contribution is 0.0931. The molecule has 2 aromatic heterocycles. The number of unbranched alkanes of at least 4 members (excludes halogenated alkanes) is 2. The van der Waals surface area contributed by atoms with Crippen LogP contribution in [0.4, 0.5) is 0 Å². The SMILES string of the molecule is CCCCCn1cc(C(=O)NC2CCCCCC2)c(=O)c2c(-c3ccccc3)nn(C)c21. The molecule has 32 heavy (non-hydrogen) atoms. The van der Waals surface area contributed by atoms with Crippen LogP contribution in [0.3, 0.4) is 0 Å². The molecule has 1 amide bonds. The van der Waals surface area contributed by atoms with Crippen LogP contribution in [0.15, 0.2) is 41.3 Å². The second kappa shape index (κ2) is 10.2. The summed E-state index contributed by atoms with van der Waals surface area (Å²) in [7, 11) is 1.87. The number of fused-ring (bicyclic) bond motifs is 1. The first-order chi connectivity index (χ1) is 15.6. The number of carbonyl (C=O) groups excluding carboxylic acids is 1. The number of hydrogen-bond donors (Lipinski definition) is 1. The Morgan fingerprint density at radius 3 is 2.50 bits per heavy atom. The monoisotopic (exact) mass is 434 g/mol. The predicted molar refractivity (Wildman–Crippen MR) is 129 cm³/mol. The summed E-state index contributed by atoms with van der Waals surface area (Å²) in [5.74, 6) is -0.254. The van der Waals surface area contributed by atoms with Crippen molar-refractivity contribution in [3.05, 3.63) is 52.3 Å². The van der Waals surface area contributed by atoms with Gasteiger partial charge in [0.2, 0.25) is 5.43 Å². The summed E-state index contributed by atoms with van der Waals surface area (Å²) >= 11 is 0. The summed E-state index contributed by atoms with van der Waals surface area (Å²) in [6, 6.07) is 9.90. The summed E-state index contributed by atoms with van der Waals surface area (Å²) < 4.78 is 3.83. The molecule has 3 aromatic rings. The van der Waals surface area contributed by atoms with Gasteiger partial charge >= 0.3 is 0 Å². The number of nitrogens with zero attached hydrogens (tertiary/aromatic N) is 3. The van der Waals surface area contributed by atoms with Crippen molar-refractivity contribution in [2.45, 2.75) is 77.3 Å². The van der Waals surface area contributed by atoms with E-state index in [4.69, 9.17) is 5.10 Å². The van der Waals surface area contributed by atoms with Crippen LogP contribution in [0, 0.1) is 0 Å². The summed E-state index contributed by atoms with van der Waals surface area (Å²) in [5, 5.41) is 8.40. The molecular weight excluding hydrogens is 400 g/mol. The number of carbonyl (C=O) groups is 1. The minimum absolute atomic E-state index is 0.149. The van der Waals surface area contributed by atoms with Gasteiger partial charge in [-0.3, -0.25) is 14.3 Å². The summed E-state index contributed by atoms with van der Waals surface area (Å²) in [5.41, 5.74) is 2.29. The zero-order chi connectivity index (χ0) is 22.5. The number of pyridine rings is 1. The van der Waals surface area contributed by atoms with E-state index in [2.05, 4.69) is 12.2 Å². The Bertz CT molecular complexity index is 1120. The van der Waals surface area contributed by atoms with E-state index in [-0.39, 0.29) is 22.9 Å². The Morgan fingerprint density at radius 1 is 1.09 bits per heavy atom. The first kappa shape index (κ1) is 22.3. The maximum absolute atomic E-state index is 13.6. The Hall–Kier alpha value is -2.89. The number of amides is 1. The van der Waals surface area contributed by atoms with Gasteiger partial charge in [-0.2, -0.15) is 5.10 Å². The van der Waals surface area contributed by atoms with Gasteiger partial charge in [-0.1, -0.05) is 75.8 Å². The fourth-order valence-corrected chi connectivity index (χ4v) is 4.81. The van der Waals surface area contributed by atoms with Crippen LogP contribution in [0.5, 0.6) is 0 Å². The molecule has 2 heterocycles. The smallest absolute Gasteiger partial charge is 0.256 e. The highest BCUT2D eigenvalue weighted by molar-refractivity contribution is 6.00.